The molecule has 0 spiro atoms. The van der Waals surface area contributed by atoms with E-state index >= 15 is 0 Å². The summed E-state index contributed by atoms with van der Waals surface area (Å²) in [6.45, 7) is 22.7. The second kappa shape index (κ2) is 13.9. The Morgan fingerprint density at radius 1 is 0.417 bits per heavy atom. The molecule has 0 fully saturated rings. The first-order valence-corrected chi connectivity index (χ1v) is 10.5. The maximum atomic E-state index is 4.70. The third kappa shape index (κ3) is 7.15. The van der Waals surface area contributed by atoms with Gasteiger partial charge in [-0.25, -0.2) is 0 Å². The number of nitrogens with zero attached hydrogens (tertiary/aromatic N) is 4. The zero-order valence-electron chi connectivity index (χ0n) is 19.1. The maximum absolute atomic E-state index is 4.70. The molecule has 3 aromatic rings. The van der Waals surface area contributed by atoms with Crippen LogP contribution in [0.2, 0.25) is 0 Å². The first-order valence-electron chi connectivity index (χ1n) is 10.5. The molecule has 0 N–H and O–H groups in total. The van der Waals surface area contributed by atoms with Gasteiger partial charge in [0.2, 0.25) is 0 Å². The molecule has 0 heterocycles. The van der Waals surface area contributed by atoms with E-state index < -0.39 is 0 Å². The van der Waals surface area contributed by atoms with Crippen LogP contribution in [-0.4, -0.2) is 25.9 Å². The fourth-order valence-electron chi connectivity index (χ4n) is 3.33. The highest BCUT2D eigenvalue weighted by molar-refractivity contribution is 5.91. The molecule has 3 aromatic carbocycles. The summed E-state index contributed by atoms with van der Waals surface area (Å²) in [5.74, 6) is 0. The number of benzene rings is 3. The Bertz CT molecular complexity index is 1200. The van der Waals surface area contributed by atoms with Gasteiger partial charge in [0, 0.05) is 12.4 Å². The minimum Gasteiger partial charge on any atom is -0.262 e. The van der Waals surface area contributed by atoms with Crippen molar-refractivity contribution in [3.63, 3.8) is 0 Å². The fraction of sp³-hybridized carbons (Fsp3) is 0.0625. The van der Waals surface area contributed by atoms with Crippen molar-refractivity contribution in [2.45, 2.75) is 14.9 Å². The summed E-state index contributed by atoms with van der Waals surface area (Å²) < 4.78 is 0. The van der Waals surface area contributed by atoms with Crippen LogP contribution < -0.4 is 0 Å². The van der Waals surface area contributed by atoms with E-state index in [1.165, 1.54) is 0 Å². The molecule has 0 aliphatic carbocycles. The highest BCUT2D eigenvalue weighted by atomic mass is 14.9. The van der Waals surface area contributed by atoms with Crippen LogP contribution in [0.5, 0.6) is 0 Å². The molecule has 0 amide bonds. The zero-order valence-corrected chi connectivity index (χ0v) is 19.1. The Morgan fingerprint density at radius 2 is 0.694 bits per heavy atom. The lowest BCUT2D eigenvalue weighted by Gasteiger charge is -2.07. The van der Waals surface area contributed by atoms with Gasteiger partial charge in [-0.15, -0.1) is 0 Å². The topological polar surface area (TPSA) is 49.4 Å². The number of aliphatic imine (C=N–C) groups is 4. The summed E-state index contributed by atoms with van der Waals surface area (Å²) in [6.07, 6.45) is 10.7. The van der Waals surface area contributed by atoms with Crippen molar-refractivity contribution >= 4 is 72.9 Å². The molecular formula is C32H34N4. The molecule has 0 unspecified atom stereocenters. The lowest BCUT2D eigenvalue weighted by molar-refractivity contribution is 1.40. The molecular weight excluding hydrogens is 440 g/mol. The average Bonchev–Trinajstić information content (AvgIpc) is 2.89. The van der Waals surface area contributed by atoms with E-state index in [1.54, 1.807) is 48.9 Å². The van der Waals surface area contributed by atoms with Crippen molar-refractivity contribution in [3.8, 4) is 0 Å². The van der Waals surface area contributed by atoms with Crippen LogP contribution in [0.1, 0.15) is 48.2 Å². The standard InChI is InChI=1S/C30H26N4.2CH4/c1-7-21-11-22(8-2)14-25(13-21)19-33-29-17-27(31-5)28(32-6)18-30(29)34-20-26-15-23(9-3)12-24(10-4)16-26;;/h7-20H,1-6H2;2*1H4. The van der Waals surface area contributed by atoms with Crippen molar-refractivity contribution in [1.29, 1.82) is 0 Å². The van der Waals surface area contributed by atoms with Crippen molar-refractivity contribution in [1.82, 2.24) is 0 Å². The van der Waals surface area contributed by atoms with E-state index in [9.17, 15) is 0 Å². The van der Waals surface area contributed by atoms with Crippen LogP contribution in [0, 0.1) is 0 Å². The third-order valence-electron chi connectivity index (χ3n) is 5.06. The SMILES string of the molecule is C.C.C=Cc1cc(C=C)cc(C=Nc2cc(N=C)c(N=C)cc2N=Cc2cc(C=C)cc(C=C)c2)c1. The predicted octanol–water partition coefficient (Wildman–Crippen LogP) is 9.70. The molecule has 0 atom stereocenters. The van der Waals surface area contributed by atoms with E-state index in [2.05, 4.69) is 49.7 Å². The Kier molecular flexibility index (Phi) is 11.3. The highest BCUT2D eigenvalue weighted by Crippen LogP contribution is 2.39. The number of hydrogen-bond donors (Lipinski definition) is 0. The van der Waals surface area contributed by atoms with Crippen LogP contribution in [-0.2, 0) is 0 Å². The minimum absolute atomic E-state index is 0. The average molecular weight is 475 g/mol. The molecule has 4 heteroatoms. The Labute approximate surface area is 215 Å². The Morgan fingerprint density at radius 3 is 0.944 bits per heavy atom. The van der Waals surface area contributed by atoms with Crippen molar-refractivity contribution in [2.75, 3.05) is 0 Å². The molecule has 36 heavy (non-hydrogen) atoms. The van der Waals surface area contributed by atoms with Gasteiger partial charge in [-0.05, 0) is 95.3 Å². The Balaban J connectivity index is 0.00000324. The molecule has 0 bridgehead atoms. The van der Waals surface area contributed by atoms with Crippen LogP contribution in [0.15, 0.2) is 94.8 Å². The molecule has 0 radical (unpaired) electrons. The van der Waals surface area contributed by atoms with E-state index in [0.29, 0.717) is 22.7 Å². The Hall–Kier alpha value is -4.70. The summed E-state index contributed by atoms with van der Waals surface area (Å²) in [6, 6.07) is 15.6. The van der Waals surface area contributed by atoms with Gasteiger partial charge in [-0.2, -0.15) is 0 Å². The van der Waals surface area contributed by atoms with Gasteiger partial charge >= 0.3 is 0 Å². The number of hydrogen-bond acceptors (Lipinski definition) is 4. The van der Waals surface area contributed by atoms with Gasteiger partial charge in [0.25, 0.3) is 0 Å². The maximum Gasteiger partial charge on any atom is 0.0909 e. The normalized spacial score (nSPS) is 10.2. The molecule has 0 saturated heterocycles. The second-order valence-electron chi connectivity index (χ2n) is 7.34. The van der Waals surface area contributed by atoms with Gasteiger partial charge in [0.1, 0.15) is 0 Å². The lowest BCUT2D eigenvalue weighted by Crippen LogP contribution is -1.87. The molecule has 0 aliphatic rings. The largest absolute Gasteiger partial charge is 0.262 e. The van der Waals surface area contributed by atoms with E-state index in [4.69, 9.17) is 9.98 Å². The van der Waals surface area contributed by atoms with Crippen LogP contribution in [0.4, 0.5) is 22.7 Å². The molecule has 0 aliphatic heterocycles. The summed E-state index contributed by atoms with van der Waals surface area (Å²) in [5, 5.41) is 0. The van der Waals surface area contributed by atoms with E-state index in [-0.39, 0.29) is 14.9 Å². The fourth-order valence-corrected chi connectivity index (χ4v) is 3.33. The van der Waals surface area contributed by atoms with Gasteiger partial charge in [-0.3, -0.25) is 20.0 Å². The van der Waals surface area contributed by atoms with Crippen molar-refractivity contribution in [2.24, 2.45) is 20.0 Å². The molecule has 0 saturated carbocycles. The smallest absolute Gasteiger partial charge is 0.0909 e. The summed E-state index contributed by atoms with van der Waals surface area (Å²) in [4.78, 5) is 17.5. The molecule has 182 valence electrons. The zero-order chi connectivity index (χ0) is 24.5. The second-order valence-corrected chi connectivity index (χ2v) is 7.34. The first-order chi connectivity index (χ1) is 16.5. The molecule has 3 rings (SSSR count). The summed E-state index contributed by atoms with van der Waals surface area (Å²) >= 11 is 0. The monoisotopic (exact) mass is 474 g/mol. The van der Waals surface area contributed by atoms with Crippen molar-refractivity contribution in [3.05, 3.63) is 108 Å². The molecule has 4 nitrogen and oxygen atoms in total. The minimum atomic E-state index is 0. The lowest BCUT2D eigenvalue weighted by atomic mass is 10.1. The van der Waals surface area contributed by atoms with E-state index in [0.717, 1.165) is 33.4 Å². The van der Waals surface area contributed by atoms with Crippen LogP contribution in [0.25, 0.3) is 24.3 Å². The van der Waals surface area contributed by atoms with Gasteiger partial charge in [-0.1, -0.05) is 65.5 Å². The number of rotatable bonds is 10. The van der Waals surface area contributed by atoms with E-state index in [1.807, 2.05) is 36.4 Å². The predicted molar refractivity (Wildman–Crippen MR) is 166 cm³/mol. The summed E-state index contributed by atoms with van der Waals surface area (Å²) in [7, 11) is 0. The molecule has 0 aromatic heterocycles. The van der Waals surface area contributed by atoms with Gasteiger partial charge in [0.05, 0.1) is 22.7 Å². The quantitative estimate of drug-likeness (QED) is 0.263. The van der Waals surface area contributed by atoms with Crippen LogP contribution in [0.3, 0.4) is 0 Å². The van der Waals surface area contributed by atoms with Crippen molar-refractivity contribution < 1.29 is 0 Å². The highest BCUT2D eigenvalue weighted by Gasteiger charge is 2.08. The van der Waals surface area contributed by atoms with Crippen LogP contribution >= 0.6 is 0 Å². The van der Waals surface area contributed by atoms with Gasteiger partial charge in [0.15, 0.2) is 0 Å². The van der Waals surface area contributed by atoms with Gasteiger partial charge < -0.3 is 0 Å². The third-order valence-corrected chi connectivity index (χ3v) is 5.06. The summed E-state index contributed by atoms with van der Waals surface area (Å²) in [5.41, 5.74) is 8.16. The first kappa shape index (κ1) is 29.3.